The number of hydrogen-bond acceptors (Lipinski definition) is 5. The van der Waals surface area contributed by atoms with Crippen LogP contribution in [0.5, 0.6) is 5.75 Å². The van der Waals surface area contributed by atoms with E-state index in [0.29, 0.717) is 18.0 Å². The van der Waals surface area contributed by atoms with Gasteiger partial charge in [-0.2, -0.15) is 0 Å². The topological polar surface area (TPSA) is 79.5 Å². The molecule has 3 rings (SSSR count). The monoisotopic (exact) mass is 307 g/mol. The molecule has 2 aliphatic heterocycles. The molecule has 0 bridgehead atoms. The molecule has 1 fully saturated rings. The zero-order chi connectivity index (χ0) is 14.8. The Morgan fingerprint density at radius 3 is 3.14 bits per heavy atom. The summed E-state index contributed by atoms with van der Waals surface area (Å²) < 4.78 is 5.49. The van der Waals surface area contributed by atoms with Crippen LogP contribution in [0, 0.1) is 0 Å². The molecule has 0 aliphatic carbocycles. The number of ether oxygens (including phenoxy) is 1. The van der Waals surface area contributed by atoms with Crippen molar-refractivity contribution in [2.24, 2.45) is 0 Å². The summed E-state index contributed by atoms with van der Waals surface area (Å²) in [5, 5.41) is 8.83. The molecule has 0 aromatic heterocycles. The number of hydrogen-bond donors (Lipinski definition) is 3. The lowest BCUT2D eigenvalue weighted by atomic mass is 10.1. The quantitative estimate of drug-likeness (QED) is 0.765. The molecule has 3 N–H and O–H groups in total. The number of rotatable bonds is 3. The zero-order valence-corrected chi connectivity index (χ0v) is 12.5. The van der Waals surface area contributed by atoms with Crippen molar-refractivity contribution in [1.82, 2.24) is 10.6 Å². The van der Waals surface area contributed by atoms with E-state index in [9.17, 15) is 9.59 Å². The van der Waals surface area contributed by atoms with Crippen molar-refractivity contribution in [3.63, 3.8) is 0 Å². The third-order valence-electron chi connectivity index (χ3n) is 3.47. The second kappa shape index (κ2) is 5.95. The minimum absolute atomic E-state index is 0.00614. The van der Waals surface area contributed by atoms with Crippen LogP contribution in [0.4, 0.5) is 5.69 Å². The molecule has 21 heavy (non-hydrogen) atoms. The minimum atomic E-state index is -0.478. The van der Waals surface area contributed by atoms with Crippen LogP contribution in [0.3, 0.4) is 0 Å². The van der Waals surface area contributed by atoms with Gasteiger partial charge in [0.1, 0.15) is 5.75 Å². The van der Waals surface area contributed by atoms with Crippen molar-refractivity contribution in [2.75, 3.05) is 16.9 Å². The van der Waals surface area contributed by atoms with E-state index in [1.807, 2.05) is 18.2 Å². The summed E-state index contributed by atoms with van der Waals surface area (Å²) in [7, 11) is 0. The van der Waals surface area contributed by atoms with E-state index >= 15 is 0 Å². The molecule has 0 saturated carbocycles. The van der Waals surface area contributed by atoms with Crippen molar-refractivity contribution in [3.8, 4) is 5.75 Å². The van der Waals surface area contributed by atoms with Crippen LogP contribution in [-0.4, -0.2) is 35.6 Å². The lowest BCUT2D eigenvalue weighted by Gasteiger charge is -2.23. The molecule has 1 aromatic rings. The Labute approximate surface area is 127 Å². The molecule has 6 nitrogen and oxygen atoms in total. The maximum Gasteiger partial charge on any atom is 0.265 e. The first-order valence-corrected chi connectivity index (χ1v) is 7.98. The van der Waals surface area contributed by atoms with Gasteiger partial charge < -0.3 is 15.4 Å². The highest BCUT2D eigenvalue weighted by molar-refractivity contribution is 7.99. The molecule has 1 saturated heterocycles. The van der Waals surface area contributed by atoms with E-state index < -0.39 is 6.10 Å². The van der Waals surface area contributed by atoms with Gasteiger partial charge >= 0.3 is 0 Å². The third-order valence-corrected chi connectivity index (χ3v) is 4.41. The SMILES string of the molecule is CC1Oc2ccc(CNC(=O)C3CSCN3)cc2NC1=O. The van der Waals surface area contributed by atoms with Gasteiger partial charge in [-0.05, 0) is 24.6 Å². The average Bonchev–Trinajstić information content (AvgIpc) is 3.00. The van der Waals surface area contributed by atoms with Gasteiger partial charge in [0.2, 0.25) is 5.91 Å². The van der Waals surface area contributed by atoms with Crippen LogP contribution in [-0.2, 0) is 16.1 Å². The van der Waals surface area contributed by atoms with Crippen molar-refractivity contribution < 1.29 is 14.3 Å². The third kappa shape index (κ3) is 3.14. The Morgan fingerprint density at radius 2 is 2.38 bits per heavy atom. The first kappa shape index (κ1) is 14.2. The van der Waals surface area contributed by atoms with Crippen LogP contribution >= 0.6 is 11.8 Å². The fourth-order valence-corrected chi connectivity index (χ4v) is 3.18. The van der Waals surface area contributed by atoms with Crippen molar-refractivity contribution in [3.05, 3.63) is 23.8 Å². The summed E-state index contributed by atoms with van der Waals surface area (Å²) in [6.45, 7) is 2.14. The van der Waals surface area contributed by atoms with Gasteiger partial charge in [-0.25, -0.2) is 0 Å². The van der Waals surface area contributed by atoms with Gasteiger partial charge in [0.15, 0.2) is 6.10 Å². The average molecular weight is 307 g/mol. The first-order chi connectivity index (χ1) is 10.1. The van der Waals surface area contributed by atoms with E-state index in [2.05, 4.69) is 16.0 Å². The second-order valence-electron chi connectivity index (χ2n) is 5.07. The second-order valence-corrected chi connectivity index (χ2v) is 6.10. The fourth-order valence-electron chi connectivity index (χ4n) is 2.24. The molecule has 2 unspecified atom stereocenters. The van der Waals surface area contributed by atoms with Crippen LogP contribution in [0.1, 0.15) is 12.5 Å². The number of amides is 2. The van der Waals surface area contributed by atoms with Crippen LogP contribution in [0.15, 0.2) is 18.2 Å². The van der Waals surface area contributed by atoms with Crippen LogP contribution < -0.4 is 20.7 Å². The maximum absolute atomic E-state index is 11.9. The lowest BCUT2D eigenvalue weighted by molar-refractivity contribution is -0.123. The Morgan fingerprint density at radius 1 is 1.52 bits per heavy atom. The van der Waals surface area contributed by atoms with E-state index in [1.54, 1.807) is 18.7 Å². The Kier molecular flexibility index (Phi) is 4.03. The summed E-state index contributed by atoms with van der Waals surface area (Å²) in [6.07, 6.45) is -0.478. The van der Waals surface area contributed by atoms with Gasteiger partial charge in [0.05, 0.1) is 11.7 Å². The smallest absolute Gasteiger partial charge is 0.265 e. The molecule has 7 heteroatoms. The van der Waals surface area contributed by atoms with Gasteiger partial charge in [0.25, 0.3) is 5.91 Å². The Balaban J connectivity index is 1.63. The molecule has 1 aromatic carbocycles. The molecule has 2 amide bonds. The van der Waals surface area contributed by atoms with Gasteiger partial charge in [-0.15, -0.1) is 11.8 Å². The van der Waals surface area contributed by atoms with Gasteiger partial charge in [-0.3, -0.25) is 14.9 Å². The number of thioether (sulfide) groups is 1. The largest absolute Gasteiger partial charge is 0.479 e. The van der Waals surface area contributed by atoms with E-state index in [4.69, 9.17) is 4.74 Å². The number of carbonyl (C=O) groups is 2. The van der Waals surface area contributed by atoms with Crippen molar-refractivity contribution >= 4 is 29.3 Å². The highest BCUT2D eigenvalue weighted by Gasteiger charge is 2.24. The standard InChI is InChI=1S/C14H17N3O3S/c1-8-13(18)17-10-4-9(2-3-12(10)20-8)5-15-14(19)11-6-21-7-16-11/h2-4,8,11,16H,5-7H2,1H3,(H,15,19)(H,17,18). The summed E-state index contributed by atoms with van der Waals surface area (Å²) in [6, 6.07) is 5.42. The highest BCUT2D eigenvalue weighted by atomic mass is 32.2. The predicted octanol–water partition coefficient (Wildman–Crippen LogP) is 0.685. The summed E-state index contributed by atoms with van der Waals surface area (Å²) in [5.41, 5.74) is 1.57. The Bertz CT molecular complexity index is 573. The number of benzene rings is 1. The first-order valence-electron chi connectivity index (χ1n) is 6.83. The van der Waals surface area contributed by atoms with E-state index in [-0.39, 0.29) is 17.9 Å². The summed E-state index contributed by atoms with van der Waals surface area (Å²) in [4.78, 5) is 23.5. The molecule has 0 spiro atoms. The number of carbonyl (C=O) groups excluding carboxylic acids is 2. The number of nitrogens with one attached hydrogen (secondary N) is 3. The van der Waals surface area contributed by atoms with Crippen molar-refractivity contribution in [2.45, 2.75) is 25.6 Å². The van der Waals surface area contributed by atoms with Crippen LogP contribution in [0.2, 0.25) is 0 Å². The summed E-state index contributed by atoms with van der Waals surface area (Å²) >= 11 is 1.72. The van der Waals surface area contributed by atoms with Crippen molar-refractivity contribution in [1.29, 1.82) is 0 Å². The minimum Gasteiger partial charge on any atom is -0.479 e. The predicted molar refractivity (Wildman–Crippen MR) is 81.3 cm³/mol. The zero-order valence-electron chi connectivity index (χ0n) is 11.6. The van der Waals surface area contributed by atoms with Gasteiger partial charge in [0, 0.05) is 18.2 Å². The van der Waals surface area contributed by atoms with Crippen LogP contribution in [0.25, 0.3) is 0 Å². The Hall–Kier alpha value is -1.73. The normalized spacial score (nSPS) is 24.0. The van der Waals surface area contributed by atoms with E-state index in [0.717, 1.165) is 17.2 Å². The molecule has 2 aliphatic rings. The molecular weight excluding hydrogens is 290 g/mol. The molecular formula is C14H17N3O3S. The molecule has 2 heterocycles. The van der Waals surface area contributed by atoms with Gasteiger partial charge in [-0.1, -0.05) is 6.07 Å². The fraction of sp³-hybridized carbons (Fsp3) is 0.429. The molecule has 0 radical (unpaired) electrons. The molecule has 112 valence electrons. The highest BCUT2D eigenvalue weighted by Crippen LogP contribution is 2.30. The number of anilines is 1. The lowest BCUT2D eigenvalue weighted by Crippen LogP contribution is -2.41. The van der Waals surface area contributed by atoms with E-state index in [1.165, 1.54) is 0 Å². The molecule has 2 atom stereocenters. The number of fused-ring (bicyclic) bond motifs is 1. The summed E-state index contributed by atoms with van der Waals surface area (Å²) in [5.74, 6) is 2.13. The maximum atomic E-state index is 11.9.